The van der Waals surface area contributed by atoms with Gasteiger partial charge in [-0.2, -0.15) is 0 Å². The third-order valence-electron chi connectivity index (χ3n) is 3.35. The van der Waals surface area contributed by atoms with Gasteiger partial charge in [0.2, 0.25) is 0 Å². The first-order valence-electron chi connectivity index (χ1n) is 7.26. The van der Waals surface area contributed by atoms with Crippen LogP contribution in [0.4, 0.5) is 0 Å². The van der Waals surface area contributed by atoms with Gasteiger partial charge in [-0.1, -0.05) is 29.8 Å². The van der Waals surface area contributed by atoms with Gasteiger partial charge in [-0.05, 0) is 49.7 Å². The predicted molar refractivity (Wildman–Crippen MR) is 89.8 cm³/mol. The highest BCUT2D eigenvalue weighted by atomic mass is 35.5. The minimum absolute atomic E-state index is 0.0120. The van der Waals surface area contributed by atoms with Gasteiger partial charge in [0.05, 0.1) is 0 Å². The van der Waals surface area contributed by atoms with E-state index < -0.39 is 6.10 Å². The van der Waals surface area contributed by atoms with E-state index in [2.05, 4.69) is 5.32 Å². The van der Waals surface area contributed by atoms with E-state index in [1.165, 1.54) is 6.92 Å². The van der Waals surface area contributed by atoms with E-state index in [0.29, 0.717) is 22.9 Å². The van der Waals surface area contributed by atoms with Gasteiger partial charge in [-0.3, -0.25) is 9.59 Å². The number of rotatable bonds is 6. The van der Waals surface area contributed by atoms with Gasteiger partial charge < -0.3 is 10.1 Å². The van der Waals surface area contributed by atoms with Crippen LogP contribution >= 0.6 is 11.6 Å². The number of carbonyl (C=O) groups is 2. The molecular weight excluding hydrogens is 314 g/mol. The fourth-order valence-corrected chi connectivity index (χ4v) is 2.20. The standard InChI is InChI=1S/C18H18ClNO3/c1-12(21)14-7-9-16(10-8-14)23-13(2)18(22)20-11-15-5-3-4-6-17(15)19/h3-10,13H,11H2,1-2H3,(H,20,22)/t13-/m0/s1. The third-order valence-corrected chi connectivity index (χ3v) is 3.72. The Bertz CT molecular complexity index is 698. The Kier molecular flexibility index (Phi) is 5.77. The summed E-state index contributed by atoms with van der Waals surface area (Å²) >= 11 is 6.05. The molecule has 1 atom stereocenters. The zero-order valence-corrected chi connectivity index (χ0v) is 13.8. The quantitative estimate of drug-likeness (QED) is 0.822. The summed E-state index contributed by atoms with van der Waals surface area (Å²) in [6, 6.07) is 14.0. The lowest BCUT2D eigenvalue weighted by molar-refractivity contribution is -0.127. The normalized spacial score (nSPS) is 11.6. The SMILES string of the molecule is CC(=O)c1ccc(O[C@@H](C)C(=O)NCc2ccccc2Cl)cc1. The van der Waals surface area contributed by atoms with E-state index in [9.17, 15) is 9.59 Å². The average molecular weight is 332 g/mol. The number of hydrogen-bond donors (Lipinski definition) is 1. The molecule has 1 N–H and O–H groups in total. The third kappa shape index (κ3) is 4.83. The van der Waals surface area contributed by atoms with Gasteiger partial charge in [0.15, 0.2) is 11.9 Å². The zero-order valence-electron chi connectivity index (χ0n) is 13.0. The van der Waals surface area contributed by atoms with Crippen LogP contribution in [-0.4, -0.2) is 17.8 Å². The van der Waals surface area contributed by atoms with E-state index in [1.54, 1.807) is 37.3 Å². The summed E-state index contributed by atoms with van der Waals surface area (Å²) in [5.41, 5.74) is 1.45. The number of ketones is 1. The van der Waals surface area contributed by atoms with Crippen LogP contribution in [0.1, 0.15) is 29.8 Å². The second-order valence-electron chi connectivity index (χ2n) is 5.15. The molecule has 5 heteroatoms. The summed E-state index contributed by atoms with van der Waals surface area (Å²) in [5, 5.41) is 3.40. The zero-order chi connectivity index (χ0) is 16.8. The topological polar surface area (TPSA) is 55.4 Å². The Hall–Kier alpha value is -2.33. The Morgan fingerprint density at radius 2 is 1.78 bits per heavy atom. The molecule has 0 aromatic heterocycles. The van der Waals surface area contributed by atoms with Crippen molar-refractivity contribution in [3.05, 3.63) is 64.7 Å². The van der Waals surface area contributed by atoms with Crippen molar-refractivity contribution in [2.24, 2.45) is 0 Å². The van der Waals surface area contributed by atoms with Crippen molar-refractivity contribution in [2.75, 3.05) is 0 Å². The maximum atomic E-state index is 12.1. The fraction of sp³-hybridized carbons (Fsp3) is 0.222. The molecule has 0 saturated heterocycles. The molecular formula is C18H18ClNO3. The largest absolute Gasteiger partial charge is 0.481 e. The van der Waals surface area contributed by atoms with Crippen LogP contribution < -0.4 is 10.1 Å². The van der Waals surface area contributed by atoms with Crippen LogP contribution in [-0.2, 0) is 11.3 Å². The van der Waals surface area contributed by atoms with Gasteiger partial charge in [-0.25, -0.2) is 0 Å². The number of ether oxygens (including phenoxy) is 1. The van der Waals surface area contributed by atoms with Crippen molar-refractivity contribution in [3.8, 4) is 5.75 Å². The highest BCUT2D eigenvalue weighted by molar-refractivity contribution is 6.31. The minimum Gasteiger partial charge on any atom is -0.481 e. The maximum Gasteiger partial charge on any atom is 0.261 e. The summed E-state index contributed by atoms with van der Waals surface area (Å²) in [6.45, 7) is 3.51. The first-order valence-corrected chi connectivity index (χ1v) is 7.64. The molecule has 0 radical (unpaired) electrons. The molecule has 0 aliphatic rings. The number of hydrogen-bond acceptors (Lipinski definition) is 3. The van der Waals surface area contributed by atoms with E-state index >= 15 is 0 Å². The molecule has 0 bridgehead atoms. The molecule has 23 heavy (non-hydrogen) atoms. The van der Waals surface area contributed by atoms with Crippen molar-refractivity contribution in [3.63, 3.8) is 0 Å². The fourth-order valence-electron chi connectivity index (χ4n) is 1.99. The predicted octanol–water partition coefficient (Wildman–Crippen LogP) is 3.63. The van der Waals surface area contributed by atoms with Crippen molar-refractivity contribution >= 4 is 23.3 Å². The van der Waals surface area contributed by atoms with Gasteiger partial charge in [0, 0.05) is 17.1 Å². The van der Waals surface area contributed by atoms with Gasteiger partial charge in [0.25, 0.3) is 5.91 Å². The second-order valence-corrected chi connectivity index (χ2v) is 5.56. The highest BCUT2D eigenvalue weighted by Crippen LogP contribution is 2.16. The summed E-state index contributed by atoms with van der Waals surface area (Å²) in [7, 11) is 0. The Labute approximate surface area is 140 Å². The number of amides is 1. The van der Waals surface area contributed by atoms with Crippen molar-refractivity contribution < 1.29 is 14.3 Å². The van der Waals surface area contributed by atoms with Crippen molar-refractivity contribution in [1.82, 2.24) is 5.32 Å². The Morgan fingerprint density at radius 3 is 2.39 bits per heavy atom. The number of carbonyl (C=O) groups excluding carboxylic acids is 2. The summed E-state index contributed by atoms with van der Waals surface area (Å²) in [4.78, 5) is 23.3. The number of Topliss-reactive ketones (excluding diaryl/α,β-unsaturated/α-hetero) is 1. The van der Waals surface area contributed by atoms with E-state index in [0.717, 1.165) is 5.56 Å². The lowest BCUT2D eigenvalue weighted by atomic mass is 10.1. The van der Waals surface area contributed by atoms with Crippen LogP contribution in [0.15, 0.2) is 48.5 Å². The van der Waals surface area contributed by atoms with Crippen molar-refractivity contribution in [1.29, 1.82) is 0 Å². The molecule has 0 saturated carbocycles. The summed E-state index contributed by atoms with van der Waals surface area (Å²) in [6.07, 6.45) is -0.652. The molecule has 2 aromatic rings. The van der Waals surface area contributed by atoms with Crippen LogP contribution in [0, 0.1) is 0 Å². The second kappa shape index (κ2) is 7.79. The van der Waals surface area contributed by atoms with E-state index in [4.69, 9.17) is 16.3 Å². The monoisotopic (exact) mass is 331 g/mol. The van der Waals surface area contributed by atoms with Crippen LogP contribution in [0.5, 0.6) is 5.75 Å². The first kappa shape index (κ1) is 17.0. The number of benzene rings is 2. The molecule has 0 aliphatic heterocycles. The molecule has 120 valence electrons. The van der Waals surface area contributed by atoms with E-state index in [1.807, 2.05) is 18.2 Å². The molecule has 0 aliphatic carbocycles. The molecule has 2 aromatic carbocycles. The van der Waals surface area contributed by atoms with Crippen LogP contribution in [0.2, 0.25) is 5.02 Å². The van der Waals surface area contributed by atoms with Gasteiger partial charge in [-0.15, -0.1) is 0 Å². The lowest BCUT2D eigenvalue weighted by Crippen LogP contribution is -2.35. The first-order chi connectivity index (χ1) is 11.0. The lowest BCUT2D eigenvalue weighted by Gasteiger charge is -2.15. The molecule has 0 heterocycles. The van der Waals surface area contributed by atoms with E-state index in [-0.39, 0.29) is 11.7 Å². The molecule has 2 rings (SSSR count). The summed E-state index contributed by atoms with van der Waals surface area (Å²) < 4.78 is 5.57. The molecule has 0 unspecified atom stereocenters. The number of halogens is 1. The van der Waals surface area contributed by atoms with Crippen LogP contribution in [0.3, 0.4) is 0 Å². The Balaban J connectivity index is 1.89. The highest BCUT2D eigenvalue weighted by Gasteiger charge is 2.15. The van der Waals surface area contributed by atoms with Gasteiger partial charge in [0.1, 0.15) is 5.75 Å². The molecule has 0 fully saturated rings. The Morgan fingerprint density at radius 1 is 1.13 bits per heavy atom. The molecule has 4 nitrogen and oxygen atoms in total. The maximum absolute atomic E-state index is 12.1. The smallest absolute Gasteiger partial charge is 0.261 e. The van der Waals surface area contributed by atoms with Crippen molar-refractivity contribution in [2.45, 2.75) is 26.5 Å². The number of nitrogens with one attached hydrogen (secondary N) is 1. The van der Waals surface area contributed by atoms with Crippen LogP contribution in [0.25, 0.3) is 0 Å². The summed E-state index contributed by atoms with van der Waals surface area (Å²) in [5.74, 6) is 0.290. The minimum atomic E-state index is -0.652. The molecule has 0 spiro atoms. The molecule has 1 amide bonds. The van der Waals surface area contributed by atoms with Gasteiger partial charge >= 0.3 is 0 Å². The average Bonchev–Trinajstić information content (AvgIpc) is 2.54.